The summed E-state index contributed by atoms with van der Waals surface area (Å²) in [6.45, 7) is 2.50. The van der Waals surface area contributed by atoms with Gasteiger partial charge >= 0.3 is 0 Å². The lowest BCUT2D eigenvalue weighted by Crippen LogP contribution is -2.56. The molecule has 2 rings (SSSR count). The number of alkyl halides is 1. The van der Waals surface area contributed by atoms with Gasteiger partial charge in [-0.15, -0.1) is 0 Å². The maximum atomic E-state index is 14.0. The van der Waals surface area contributed by atoms with E-state index in [0.717, 1.165) is 0 Å². The third-order valence-corrected chi connectivity index (χ3v) is 2.67. The third-order valence-electron chi connectivity index (χ3n) is 2.67. The molecule has 0 spiro atoms. The van der Waals surface area contributed by atoms with Crippen LogP contribution in [0.3, 0.4) is 0 Å². The van der Waals surface area contributed by atoms with Gasteiger partial charge in [-0.05, 0) is 13.8 Å². The molecule has 88 valence electrons. The second kappa shape index (κ2) is 3.36. The summed E-state index contributed by atoms with van der Waals surface area (Å²) < 4.78 is 29.3. The van der Waals surface area contributed by atoms with E-state index in [9.17, 15) is 9.50 Å². The van der Waals surface area contributed by atoms with E-state index in [1.54, 1.807) is 13.8 Å². The normalized spacial score (nSPS) is 49.0. The lowest BCUT2D eigenvalue weighted by atomic mass is 10.0. The van der Waals surface area contributed by atoms with Crippen molar-refractivity contribution < 1.29 is 28.8 Å². The van der Waals surface area contributed by atoms with Gasteiger partial charge in [-0.3, -0.25) is 0 Å². The molecule has 0 amide bonds. The molecule has 2 aliphatic heterocycles. The summed E-state index contributed by atoms with van der Waals surface area (Å²) >= 11 is 0. The predicted molar refractivity (Wildman–Crippen MR) is 46.7 cm³/mol. The van der Waals surface area contributed by atoms with Crippen molar-refractivity contribution in [1.29, 1.82) is 0 Å². The van der Waals surface area contributed by atoms with Crippen LogP contribution >= 0.6 is 0 Å². The van der Waals surface area contributed by atoms with E-state index in [4.69, 9.17) is 19.3 Å². The van der Waals surface area contributed by atoms with Crippen LogP contribution in [0.15, 0.2) is 0 Å². The Morgan fingerprint density at radius 1 is 1.40 bits per heavy atom. The molecule has 2 saturated heterocycles. The summed E-state index contributed by atoms with van der Waals surface area (Å²) in [6.07, 6.45) is -3.25. The highest BCUT2D eigenvalue weighted by molar-refractivity contribution is 4.99. The first-order valence-electron chi connectivity index (χ1n) is 4.85. The molecule has 4 atom stereocenters. The molecule has 6 heteroatoms. The summed E-state index contributed by atoms with van der Waals surface area (Å²) in [7, 11) is 0. The quantitative estimate of drug-likeness (QED) is 0.629. The smallest absolute Gasteiger partial charge is 0.262 e. The molecular formula is C9H15FO5. The van der Waals surface area contributed by atoms with Crippen molar-refractivity contribution in [2.24, 2.45) is 0 Å². The number of aliphatic hydroxyl groups excluding tert-OH is 2. The van der Waals surface area contributed by atoms with Crippen molar-refractivity contribution in [2.45, 2.75) is 43.8 Å². The first kappa shape index (κ1) is 11.2. The van der Waals surface area contributed by atoms with Crippen LogP contribution in [0.25, 0.3) is 0 Å². The van der Waals surface area contributed by atoms with Gasteiger partial charge < -0.3 is 24.4 Å². The zero-order valence-corrected chi connectivity index (χ0v) is 8.64. The molecule has 15 heavy (non-hydrogen) atoms. The SMILES string of the molecule is CC1(C)OC[C@]2(F)O[C@H](CO)[C@@H](O)[C@@H]2O1. The Hall–Kier alpha value is -0.270. The van der Waals surface area contributed by atoms with Crippen molar-refractivity contribution in [3.05, 3.63) is 0 Å². The van der Waals surface area contributed by atoms with Crippen LogP contribution in [0.4, 0.5) is 4.39 Å². The lowest BCUT2D eigenvalue weighted by Gasteiger charge is -2.40. The average Bonchev–Trinajstić information content (AvgIpc) is 2.40. The van der Waals surface area contributed by atoms with Gasteiger partial charge in [0.1, 0.15) is 18.8 Å². The molecule has 2 aliphatic rings. The molecule has 0 aromatic heterocycles. The fourth-order valence-corrected chi connectivity index (χ4v) is 1.87. The van der Waals surface area contributed by atoms with Crippen LogP contribution in [0.2, 0.25) is 0 Å². The maximum absolute atomic E-state index is 14.0. The number of hydrogen-bond donors (Lipinski definition) is 2. The number of hydrogen-bond acceptors (Lipinski definition) is 5. The topological polar surface area (TPSA) is 68.2 Å². The van der Waals surface area contributed by atoms with E-state index >= 15 is 0 Å². The van der Waals surface area contributed by atoms with Crippen LogP contribution in [-0.4, -0.2) is 53.4 Å². The molecule has 0 aliphatic carbocycles. The Morgan fingerprint density at radius 3 is 2.67 bits per heavy atom. The Morgan fingerprint density at radius 2 is 2.07 bits per heavy atom. The molecule has 2 fully saturated rings. The summed E-state index contributed by atoms with van der Waals surface area (Å²) in [6, 6.07) is 0. The minimum Gasteiger partial charge on any atom is -0.394 e. The molecule has 0 aromatic rings. The first-order chi connectivity index (χ1) is 6.88. The summed E-state index contributed by atoms with van der Waals surface area (Å²) in [5.74, 6) is -3.11. The Kier molecular flexibility index (Phi) is 2.51. The highest BCUT2D eigenvalue weighted by atomic mass is 19.2. The van der Waals surface area contributed by atoms with Crippen molar-refractivity contribution in [3.8, 4) is 0 Å². The van der Waals surface area contributed by atoms with E-state index in [0.29, 0.717) is 0 Å². The summed E-state index contributed by atoms with van der Waals surface area (Å²) in [5, 5.41) is 18.6. The largest absolute Gasteiger partial charge is 0.394 e. The van der Waals surface area contributed by atoms with Gasteiger partial charge in [0.15, 0.2) is 11.9 Å². The fourth-order valence-electron chi connectivity index (χ4n) is 1.87. The third kappa shape index (κ3) is 1.76. The van der Waals surface area contributed by atoms with Gasteiger partial charge in [-0.2, -0.15) is 0 Å². The highest BCUT2D eigenvalue weighted by Gasteiger charge is 2.61. The Balaban J connectivity index is 2.19. The molecule has 2 N–H and O–H groups in total. The zero-order valence-electron chi connectivity index (χ0n) is 8.64. The van der Waals surface area contributed by atoms with E-state index < -0.39 is 36.6 Å². The van der Waals surface area contributed by atoms with Crippen molar-refractivity contribution in [3.63, 3.8) is 0 Å². The second-order valence-corrected chi connectivity index (χ2v) is 4.34. The minimum atomic E-state index is -2.16. The minimum absolute atomic E-state index is 0.307. The maximum Gasteiger partial charge on any atom is 0.262 e. The Labute approximate surface area is 86.7 Å². The zero-order chi connectivity index (χ0) is 11.3. The molecule has 0 aromatic carbocycles. The standard InChI is InChI=1S/C9H15FO5/c1-8(2)13-4-9(10)7(15-8)6(12)5(3-11)14-9/h5-7,11-12H,3-4H2,1-2H3/t5-,6-,7+,9+/m1/s1. The second-order valence-electron chi connectivity index (χ2n) is 4.34. The van der Waals surface area contributed by atoms with Gasteiger partial charge in [0.25, 0.3) is 5.85 Å². The van der Waals surface area contributed by atoms with E-state index in [2.05, 4.69) is 0 Å². The first-order valence-corrected chi connectivity index (χ1v) is 4.85. The van der Waals surface area contributed by atoms with Crippen molar-refractivity contribution in [2.75, 3.05) is 13.2 Å². The number of fused-ring (bicyclic) bond motifs is 1. The van der Waals surface area contributed by atoms with Crippen LogP contribution in [-0.2, 0) is 14.2 Å². The van der Waals surface area contributed by atoms with Crippen LogP contribution in [0.1, 0.15) is 13.8 Å². The Bertz CT molecular complexity index is 259. The molecule has 5 nitrogen and oxygen atoms in total. The van der Waals surface area contributed by atoms with Gasteiger partial charge in [0, 0.05) is 0 Å². The number of rotatable bonds is 1. The lowest BCUT2D eigenvalue weighted by molar-refractivity contribution is -0.358. The molecule has 0 saturated carbocycles. The molecular weight excluding hydrogens is 207 g/mol. The van der Waals surface area contributed by atoms with E-state index in [-0.39, 0.29) is 6.61 Å². The number of halogens is 1. The molecule has 2 heterocycles. The molecule has 0 radical (unpaired) electrons. The van der Waals surface area contributed by atoms with E-state index in [1.165, 1.54) is 0 Å². The van der Waals surface area contributed by atoms with Crippen molar-refractivity contribution in [1.82, 2.24) is 0 Å². The predicted octanol–water partition coefficient (Wildman–Crippen LogP) is -0.444. The van der Waals surface area contributed by atoms with Gasteiger partial charge in [0.05, 0.1) is 6.61 Å². The van der Waals surface area contributed by atoms with Gasteiger partial charge in [0.2, 0.25) is 0 Å². The average molecular weight is 222 g/mol. The van der Waals surface area contributed by atoms with Crippen LogP contribution < -0.4 is 0 Å². The van der Waals surface area contributed by atoms with Gasteiger partial charge in [-0.1, -0.05) is 0 Å². The van der Waals surface area contributed by atoms with Crippen LogP contribution in [0, 0.1) is 0 Å². The monoisotopic (exact) mass is 222 g/mol. The summed E-state index contributed by atoms with van der Waals surface area (Å²) in [4.78, 5) is 0. The molecule has 0 bridgehead atoms. The number of aliphatic hydroxyl groups is 2. The molecule has 0 unspecified atom stereocenters. The van der Waals surface area contributed by atoms with E-state index in [1.807, 2.05) is 0 Å². The highest BCUT2D eigenvalue weighted by Crippen LogP contribution is 2.41. The van der Waals surface area contributed by atoms with Crippen molar-refractivity contribution >= 4 is 0 Å². The summed E-state index contributed by atoms with van der Waals surface area (Å²) in [5.41, 5.74) is 0. The fraction of sp³-hybridized carbons (Fsp3) is 1.00. The van der Waals surface area contributed by atoms with Gasteiger partial charge in [-0.25, -0.2) is 4.39 Å². The van der Waals surface area contributed by atoms with Crippen LogP contribution in [0.5, 0.6) is 0 Å². The number of ether oxygens (including phenoxy) is 3.